The summed E-state index contributed by atoms with van der Waals surface area (Å²) in [5, 5.41) is 5.90. The molecule has 1 unspecified atom stereocenters. The molecule has 1 atom stereocenters. The molecular weight excluding hydrogens is 234 g/mol. The molecule has 0 saturated carbocycles. The van der Waals surface area contributed by atoms with Crippen molar-refractivity contribution in [1.82, 2.24) is 4.98 Å². The molecule has 3 N–H and O–H groups in total. The van der Waals surface area contributed by atoms with Crippen molar-refractivity contribution in [3.63, 3.8) is 0 Å². The Morgan fingerprint density at radius 3 is 3.18 bits per heavy atom. The predicted molar refractivity (Wildman–Crippen MR) is 70.5 cm³/mol. The van der Waals surface area contributed by atoms with Gasteiger partial charge in [0, 0.05) is 10.9 Å². The van der Waals surface area contributed by atoms with Crippen molar-refractivity contribution in [3.8, 4) is 17.0 Å². The van der Waals surface area contributed by atoms with Gasteiger partial charge in [-0.15, -0.1) is 11.3 Å². The molecule has 3 rings (SSSR count). The molecule has 2 heterocycles. The van der Waals surface area contributed by atoms with Crippen LogP contribution in [0.15, 0.2) is 23.6 Å². The zero-order valence-corrected chi connectivity index (χ0v) is 10.3. The van der Waals surface area contributed by atoms with Crippen molar-refractivity contribution >= 4 is 22.2 Å². The quantitative estimate of drug-likeness (QED) is 0.813. The highest BCUT2D eigenvalue weighted by Gasteiger charge is 2.16. The Hall–Kier alpha value is -1.75. The average molecular weight is 247 g/mol. The van der Waals surface area contributed by atoms with E-state index in [0.29, 0.717) is 5.13 Å². The third-order valence-electron chi connectivity index (χ3n) is 2.71. The van der Waals surface area contributed by atoms with Crippen LogP contribution in [0.4, 0.5) is 10.8 Å². The van der Waals surface area contributed by atoms with Crippen LogP contribution < -0.4 is 15.8 Å². The fourth-order valence-corrected chi connectivity index (χ4v) is 2.43. The van der Waals surface area contributed by atoms with Crippen LogP contribution in [-0.2, 0) is 0 Å². The molecule has 0 fully saturated rings. The molecule has 1 aromatic heterocycles. The number of aromatic nitrogens is 1. The lowest BCUT2D eigenvalue weighted by Crippen LogP contribution is -2.27. The van der Waals surface area contributed by atoms with Gasteiger partial charge in [-0.3, -0.25) is 0 Å². The Labute approximate surface area is 103 Å². The highest BCUT2D eigenvalue weighted by molar-refractivity contribution is 7.13. The van der Waals surface area contributed by atoms with Gasteiger partial charge in [-0.25, -0.2) is 4.98 Å². The first-order chi connectivity index (χ1) is 8.22. The van der Waals surface area contributed by atoms with Gasteiger partial charge in [-0.1, -0.05) is 0 Å². The molecule has 4 nitrogen and oxygen atoms in total. The van der Waals surface area contributed by atoms with Crippen LogP contribution in [0.25, 0.3) is 11.3 Å². The standard InChI is InChI=1S/C12H13N3OS/c1-7-5-14-9-4-8(2-3-11(9)16-7)10-6-17-12(13)15-10/h2-4,6-7,14H,5H2,1H3,(H2,13,15). The van der Waals surface area contributed by atoms with Crippen LogP contribution in [0.5, 0.6) is 5.75 Å². The Morgan fingerprint density at radius 2 is 2.41 bits per heavy atom. The van der Waals surface area contributed by atoms with Crippen molar-refractivity contribution < 1.29 is 4.74 Å². The van der Waals surface area contributed by atoms with E-state index in [9.17, 15) is 0 Å². The van der Waals surface area contributed by atoms with Gasteiger partial charge in [0.05, 0.1) is 17.9 Å². The topological polar surface area (TPSA) is 60.2 Å². The first-order valence-electron chi connectivity index (χ1n) is 5.48. The van der Waals surface area contributed by atoms with E-state index in [-0.39, 0.29) is 6.10 Å². The molecule has 0 radical (unpaired) electrons. The van der Waals surface area contributed by atoms with Crippen LogP contribution in [-0.4, -0.2) is 17.6 Å². The summed E-state index contributed by atoms with van der Waals surface area (Å²) in [6.45, 7) is 2.88. The first-order valence-corrected chi connectivity index (χ1v) is 6.36. The monoisotopic (exact) mass is 247 g/mol. The Bertz CT molecular complexity index is 552. The number of rotatable bonds is 1. The van der Waals surface area contributed by atoms with E-state index in [1.54, 1.807) is 0 Å². The number of nitrogen functional groups attached to an aromatic ring is 1. The number of ether oxygens (including phenoxy) is 1. The highest BCUT2D eigenvalue weighted by Crippen LogP contribution is 2.34. The van der Waals surface area contributed by atoms with Crippen LogP contribution >= 0.6 is 11.3 Å². The number of thiazole rings is 1. The lowest BCUT2D eigenvalue weighted by atomic mass is 10.1. The fraction of sp³-hybridized carbons (Fsp3) is 0.250. The molecule has 0 saturated heterocycles. The molecule has 1 aliphatic heterocycles. The third kappa shape index (κ3) is 1.93. The van der Waals surface area contributed by atoms with E-state index in [1.165, 1.54) is 11.3 Å². The molecule has 5 heteroatoms. The molecule has 2 aromatic rings. The normalized spacial score (nSPS) is 18.1. The van der Waals surface area contributed by atoms with Gasteiger partial charge in [0.1, 0.15) is 11.9 Å². The lowest BCUT2D eigenvalue weighted by Gasteiger charge is -2.25. The van der Waals surface area contributed by atoms with Gasteiger partial charge in [0.25, 0.3) is 0 Å². The summed E-state index contributed by atoms with van der Waals surface area (Å²) >= 11 is 1.45. The van der Waals surface area contributed by atoms with Gasteiger partial charge >= 0.3 is 0 Å². The Morgan fingerprint density at radius 1 is 1.53 bits per heavy atom. The summed E-state index contributed by atoms with van der Waals surface area (Å²) in [6, 6.07) is 6.03. The molecule has 0 amide bonds. The van der Waals surface area contributed by atoms with Crippen LogP contribution in [0.3, 0.4) is 0 Å². The van der Waals surface area contributed by atoms with Crippen molar-refractivity contribution in [2.24, 2.45) is 0 Å². The molecular formula is C12H13N3OS. The van der Waals surface area contributed by atoms with Crippen molar-refractivity contribution in [3.05, 3.63) is 23.6 Å². The number of nitrogens with one attached hydrogen (secondary N) is 1. The molecule has 88 valence electrons. The predicted octanol–water partition coefficient (Wildman–Crippen LogP) is 2.59. The van der Waals surface area contributed by atoms with E-state index in [1.807, 2.05) is 24.4 Å². The number of nitrogens with zero attached hydrogens (tertiary/aromatic N) is 1. The van der Waals surface area contributed by atoms with E-state index < -0.39 is 0 Å². The molecule has 1 aliphatic rings. The van der Waals surface area contributed by atoms with Gasteiger partial charge in [0.15, 0.2) is 5.13 Å². The van der Waals surface area contributed by atoms with Crippen molar-refractivity contribution in [2.45, 2.75) is 13.0 Å². The summed E-state index contributed by atoms with van der Waals surface area (Å²) in [5.41, 5.74) is 8.63. The molecule has 0 spiro atoms. The van der Waals surface area contributed by atoms with E-state index in [0.717, 1.165) is 29.2 Å². The van der Waals surface area contributed by atoms with E-state index >= 15 is 0 Å². The number of nitrogens with two attached hydrogens (primary N) is 1. The number of fused-ring (bicyclic) bond motifs is 1. The van der Waals surface area contributed by atoms with Crippen LogP contribution in [0.2, 0.25) is 0 Å². The zero-order chi connectivity index (χ0) is 11.8. The smallest absolute Gasteiger partial charge is 0.180 e. The second-order valence-electron chi connectivity index (χ2n) is 4.09. The molecule has 0 aliphatic carbocycles. The molecule has 1 aromatic carbocycles. The second kappa shape index (κ2) is 3.92. The second-order valence-corrected chi connectivity index (χ2v) is 4.98. The summed E-state index contributed by atoms with van der Waals surface area (Å²) in [5.74, 6) is 0.899. The number of hydrogen-bond donors (Lipinski definition) is 2. The Kier molecular flexibility index (Phi) is 2.40. The van der Waals surface area contributed by atoms with E-state index in [2.05, 4.69) is 16.4 Å². The Balaban J connectivity index is 1.98. The fourth-order valence-electron chi connectivity index (χ4n) is 1.86. The third-order valence-corrected chi connectivity index (χ3v) is 3.38. The van der Waals surface area contributed by atoms with Gasteiger partial charge in [-0.05, 0) is 25.1 Å². The SMILES string of the molecule is CC1CNc2cc(-c3csc(N)n3)ccc2O1. The summed E-state index contributed by atoms with van der Waals surface area (Å²) in [4.78, 5) is 4.27. The van der Waals surface area contributed by atoms with Gasteiger partial charge in [-0.2, -0.15) is 0 Å². The lowest BCUT2D eigenvalue weighted by molar-refractivity contribution is 0.226. The maximum atomic E-state index is 5.72. The highest BCUT2D eigenvalue weighted by atomic mass is 32.1. The van der Waals surface area contributed by atoms with Crippen LogP contribution in [0, 0.1) is 0 Å². The zero-order valence-electron chi connectivity index (χ0n) is 9.43. The van der Waals surface area contributed by atoms with Crippen LogP contribution in [0.1, 0.15) is 6.92 Å². The molecule has 0 bridgehead atoms. The average Bonchev–Trinajstić information content (AvgIpc) is 2.75. The van der Waals surface area contributed by atoms with Gasteiger partial charge < -0.3 is 15.8 Å². The summed E-state index contributed by atoms with van der Waals surface area (Å²) in [7, 11) is 0. The summed E-state index contributed by atoms with van der Waals surface area (Å²) in [6.07, 6.45) is 0.211. The van der Waals surface area contributed by atoms with E-state index in [4.69, 9.17) is 10.5 Å². The number of benzene rings is 1. The largest absolute Gasteiger partial charge is 0.487 e. The van der Waals surface area contributed by atoms with Crippen molar-refractivity contribution in [1.29, 1.82) is 0 Å². The minimum absolute atomic E-state index is 0.211. The number of hydrogen-bond acceptors (Lipinski definition) is 5. The van der Waals surface area contributed by atoms with Crippen molar-refractivity contribution in [2.75, 3.05) is 17.6 Å². The minimum atomic E-state index is 0.211. The maximum Gasteiger partial charge on any atom is 0.180 e. The summed E-state index contributed by atoms with van der Waals surface area (Å²) < 4.78 is 5.72. The van der Waals surface area contributed by atoms with Gasteiger partial charge in [0.2, 0.25) is 0 Å². The maximum absolute atomic E-state index is 5.72. The minimum Gasteiger partial charge on any atom is -0.487 e. The first kappa shape index (κ1) is 10.4. The number of anilines is 2. The molecule has 17 heavy (non-hydrogen) atoms.